The number of fused-ring (bicyclic) bond motifs is 8. The van der Waals surface area contributed by atoms with Crippen molar-refractivity contribution in [3.8, 4) is 0 Å². The van der Waals surface area contributed by atoms with Gasteiger partial charge in [-0.05, 0) is 72.8 Å². The van der Waals surface area contributed by atoms with Gasteiger partial charge in [0.15, 0.2) is 13.6 Å². The van der Waals surface area contributed by atoms with Crippen LogP contribution in [0.25, 0.3) is 12.2 Å². The first-order valence-corrected chi connectivity index (χ1v) is 15.5. The number of alkyl halides is 1. The molecule has 8 rings (SSSR count). The molecule has 5 fully saturated rings. The van der Waals surface area contributed by atoms with E-state index in [1.165, 1.54) is 0 Å². The zero-order valence-electron chi connectivity index (χ0n) is 24.8. The van der Waals surface area contributed by atoms with Crippen LogP contribution in [0, 0.1) is 28.6 Å². The molecule has 0 amide bonds. The highest BCUT2D eigenvalue weighted by molar-refractivity contribution is 5.60. The van der Waals surface area contributed by atoms with Gasteiger partial charge in [0.05, 0.1) is 18.3 Å². The zero-order chi connectivity index (χ0) is 29.1. The maximum Gasteiger partial charge on any atom is 0.227 e. The minimum Gasteiger partial charge on any atom is -0.390 e. The fourth-order valence-electron chi connectivity index (χ4n) is 10.7. The highest BCUT2D eigenvalue weighted by atomic mass is 19.1. The second-order valence-electron chi connectivity index (χ2n) is 14.2. The molecule has 224 valence electrons. The SMILES string of the molecule is C=Cc1cccc(Cn2cc3c(n2)C=C2CC[C@H]4[C@@H]5C[C@@H](C)[C@@]6(OCOC67COCO7)[C@@]5(C)C[C@H](O)[C@]4(F)[C@@]2(C)C3)c1. The Morgan fingerprint density at radius 2 is 2.02 bits per heavy atom. The summed E-state index contributed by atoms with van der Waals surface area (Å²) in [5.74, 6) is -1.25. The topological polar surface area (TPSA) is 75.0 Å². The Hall–Kier alpha value is -2.36. The van der Waals surface area contributed by atoms with Gasteiger partial charge in [-0.2, -0.15) is 5.10 Å². The largest absolute Gasteiger partial charge is 0.390 e. The highest BCUT2D eigenvalue weighted by Crippen LogP contribution is 2.74. The fraction of sp³-hybridized carbons (Fsp3) is 0.618. The molecule has 4 aliphatic carbocycles. The van der Waals surface area contributed by atoms with E-state index in [0.29, 0.717) is 19.4 Å². The van der Waals surface area contributed by atoms with Crippen LogP contribution in [-0.2, 0) is 31.9 Å². The molecule has 1 aromatic heterocycles. The van der Waals surface area contributed by atoms with E-state index >= 15 is 4.39 Å². The predicted molar refractivity (Wildman–Crippen MR) is 155 cm³/mol. The van der Waals surface area contributed by atoms with Gasteiger partial charge in [0, 0.05) is 22.9 Å². The van der Waals surface area contributed by atoms with Crippen LogP contribution in [0.5, 0.6) is 0 Å². The lowest BCUT2D eigenvalue weighted by atomic mass is 9.43. The summed E-state index contributed by atoms with van der Waals surface area (Å²) in [6.45, 7) is 11.5. The number of halogens is 1. The molecule has 2 aliphatic heterocycles. The molecule has 0 bridgehead atoms. The third-order valence-electron chi connectivity index (χ3n) is 12.4. The van der Waals surface area contributed by atoms with Crippen molar-refractivity contribution in [2.45, 2.75) is 82.6 Å². The summed E-state index contributed by atoms with van der Waals surface area (Å²) < 4.78 is 44.7. The van der Waals surface area contributed by atoms with Crippen molar-refractivity contribution in [3.05, 3.63) is 65.0 Å². The van der Waals surface area contributed by atoms with Crippen LogP contribution in [0.1, 0.15) is 68.8 Å². The summed E-state index contributed by atoms with van der Waals surface area (Å²) in [5.41, 5.74) is 1.32. The summed E-state index contributed by atoms with van der Waals surface area (Å²) in [5, 5.41) is 16.9. The molecule has 42 heavy (non-hydrogen) atoms. The summed E-state index contributed by atoms with van der Waals surface area (Å²) in [7, 11) is 0. The number of nitrogens with zero attached hydrogens (tertiary/aromatic N) is 2. The Morgan fingerprint density at radius 1 is 1.19 bits per heavy atom. The number of ether oxygens (including phenoxy) is 4. The number of benzene rings is 1. The number of aliphatic hydroxyl groups is 1. The Morgan fingerprint density at radius 3 is 2.81 bits per heavy atom. The molecule has 2 aromatic rings. The summed E-state index contributed by atoms with van der Waals surface area (Å²) in [6, 6.07) is 8.27. The van der Waals surface area contributed by atoms with Gasteiger partial charge in [0.2, 0.25) is 5.79 Å². The Balaban J connectivity index is 1.14. The van der Waals surface area contributed by atoms with Crippen molar-refractivity contribution in [3.63, 3.8) is 0 Å². The minimum absolute atomic E-state index is 0.0170. The Bertz CT molecular complexity index is 1480. The van der Waals surface area contributed by atoms with E-state index in [2.05, 4.69) is 44.8 Å². The van der Waals surface area contributed by atoms with Crippen molar-refractivity contribution in [2.75, 3.05) is 20.2 Å². The third-order valence-corrected chi connectivity index (χ3v) is 12.4. The van der Waals surface area contributed by atoms with E-state index in [1.54, 1.807) is 0 Å². The maximum absolute atomic E-state index is 18.2. The quantitative estimate of drug-likeness (QED) is 0.520. The number of rotatable bonds is 3. The molecule has 8 heteroatoms. The zero-order valence-corrected chi connectivity index (χ0v) is 24.8. The predicted octanol–water partition coefficient (Wildman–Crippen LogP) is 5.51. The van der Waals surface area contributed by atoms with Crippen LogP contribution >= 0.6 is 0 Å². The van der Waals surface area contributed by atoms with E-state index in [-0.39, 0.29) is 44.4 Å². The first-order valence-electron chi connectivity index (χ1n) is 15.5. The van der Waals surface area contributed by atoms with E-state index in [0.717, 1.165) is 40.8 Å². The Kier molecular flexibility index (Phi) is 5.73. The normalized spacial score (nSPS) is 45.4. The van der Waals surface area contributed by atoms with Gasteiger partial charge in [0.1, 0.15) is 17.9 Å². The van der Waals surface area contributed by atoms with Crippen LogP contribution in [0.15, 0.2) is 42.6 Å². The van der Waals surface area contributed by atoms with Gasteiger partial charge in [-0.25, -0.2) is 4.39 Å². The van der Waals surface area contributed by atoms with Gasteiger partial charge in [-0.1, -0.05) is 57.2 Å². The van der Waals surface area contributed by atoms with Crippen molar-refractivity contribution < 1.29 is 28.4 Å². The molecule has 3 heterocycles. The molecule has 9 atom stereocenters. The van der Waals surface area contributed by atoms with Crippen LogP contribution in [0.2, 0.25) is 0 Å². The first-order chi connectivity index (χ1) is 20.1. The van der Waals surface area contributed by atoms with Crippen molar-refractivity contribution in [1.29, 1.82) is 0 Å². The van der Waals surface area contributed by atoms with Gasteiger partial charge in [-0.15, -0.1) is 0 Å². The minimum atomic E-state index is -1.77. The van der Waals surface area contributed by atoms with Crippen molar-refractivity contribution in [1.82, 2.24) is 9.78 Å². The van der Waals surface area contributed by atoms with Crippen LogP contribution < -0.4 is 0 Å². The first kappa shape index (κ1) is 27.2. The van der Waals surface area contributed by atoms with Gasteiger partial charge in [-0.3, -0.25) is 4.68 Å². The number of aromatic nitrogens is 2. The monoisotopic (exact) mass is 576 g/mol. The second-order valence-corrected chi connectivity index (χ2v) is 14.2. The van der Waals surface area contributed by atoms with Crippen molar-refractivity contribution >= 4 is 12.2 Å². The van der Waals surface area contributed by atoms with E-state index in [4.69, 9.17) is 24.0 Å². The molecule has 1 unspecified atom stereocenters. The average molecular weight is 577 g/mol. The maximum atomic E-state index is 18.2. The number of allylic oxidation sites excluding steroid dienone is 1. The lowest BCUT2D eigenvalue weighted by Crippen LogP contribution is -2.72. The molecule has 0 radical (unpaired) electrons. The molecule has 1 N–H and O–H groups in total. The van der Waals surface area contributed by atoms with E-state index < -0.39 is 34.0 Å². The van der Waals surface area contributed by atoms with Gasteiger partial charge >= 0.3 is 0 Å². The third kappa shape index (κ3) is 3.15. The lowest BCUT2D eigenvalue weighted by molar-refractivity contribution is -0.279. The standard InChI is InChI=1S/C34H41FN2O5/c1-5-22-7-6-8-23(12-22)16-37-17-24-14-30(3)25(13-28(24)36-37)9-10-26-27-11-21(2)34(31(27,4)15-29(38)33(26,30)35)32(41-20-42-34)18-39-19-40-32/h5-8,12-13,17,21,26-27,29,38H,1,9-11,14-16,18-20H2,2-4H3/t21-,26+,27+,29+,30+,31+,32?,33+,34-/m1/s1. The summed E-state index contributed by atoms with van der Waals surface area (Å²) >= 11 is 0. The Labute approximate surface area is 246 Å². The summed E-state index contributed by atoms with van der Waals surface area (Å²) in [4.78, 5) is 0. The molecule has 6 aliphatic rings. The molecule has 2 spiro atoms. The lowest BCUT2D eigenvalue weighted by Gasteiger charge is -2.64. The molecule has 1 aromatic carbocycles. The number of hydrogen-bond acceptors (Lipinski definition) is 6. The summed E-state index contributed by atoms with van der Waals surface area (Å²) in [6.07, 6.45) is 7.97. The number of aliphatic hydroxyl groups excluding tert-OH is 1. The molecular formula is C34H41FN2O5. The van der Waals surface area contributed by atoms with Gasteiger partial charge < -0.3 is 24.1 Å². The smallest absolute Gasteiger partial charge is 0.227 e. The van der Waals surface area contributed by atoms with Crippen LogP contribution in [0.3, 0.4) is 0 Å². The highest BCUT2D eigenvalue weighted by Gasteiger charge is 2.81. The van der Waals surface area contributed by atoms with Crippen LogP contribution in [-0.4, -0.2) is 58.2 Å². The molecule has 7 nitrogen and oxygen atoms in total. The van der Waals surface area contributed by atoms with E-state index in [9.17, 15) is 5.11 Å². The van der Waals surface area contributed by atoms with Crippen molar-refractivity contribution in [2.24, 2.45) is 28.6 Å². The molecule has 2 saturated heterocycles. The fourth-order valence-corrected chi connectivity index (χ4v) is 10.7. The second kappa shape index (κ2) is 8.85. The van der Waals surface area contributed by atoms with Gasteiger partial charge in [0.25, 0.3) is 0 Å². The number of hydrogen-bond donors (Lipinski definition) is 1. The van der Waals surface area contributed by atoms with E-state index in [1.807, 2.05) is 29.8 Å². The molecular weight excluding hydrogens is 535 g/mol. The van der Waals surface area contributed by atoms with Crippen LogP contribution in [0.4, 0.5) is 4.39 Å². The average Bonchev–Trinajstić information content (AvgIpc) is 3.73. The molecule has 3 saturated carbocycles.